The van der Waals surface area contributed by atoms with Crippen LogP contribution in [-0.2, 0) is 9.59 Å². The molecule has 0 spiro atoms. The largest absolute Gasteiger partial charge is 0.481 e. The van der Waals surface area contributed by atoms with Crippen molar-refractivity contribution in [1.29, 1.82) is 0 Å². The lowest BCUT2D eigenvalue weighted by molar-refractivity contribution is -0.137. The number of aliphatic hydroxyl groups is 1. The van der Waals surface area contributed by atoms with Crippen LogP contribution in [0.15, 0.2) is 58.4 Å². The molecule has 4 rings (SSSR count). The van der Waals surface area contributed by atoms with Crippen LogP contribution in [0.3, 0.4) is 0 Å². The molecular weight excluding hydrogens is 524 g/mol. The maximum atomic E-state index is 13.5. The minimum atomic E-state index is -0.843. The molecule has 1 aliphatic heterocycles. The Morgan fingerprint density at radius 2 is 1.92 bits per heavy atom. The molecule has 3 N–H and O–H groups in total. The fourth-order valence-corrected chi connectivity index (χ4v) is 5.40. The number of hydrogen-bond donors (Lipinski definition) is 3. The Hall–Kier alpha value is -3.54. The number of thioether (sulfide) groups is 1. The van der Waals surface area contributed by atoms with Crippen molar-refractivity contribution in [2.75, 3.05) is 18.4 Å². The number of rotatable bonds is 11. The van der Waals surface area contributed by atoms with E-state index in [1.165, 1.54) is 15.4 Å². The summed E-state index contributed by atoms with van der Waals surface area (Å²) in [4.78, 5) is 43.8. The molecule has 3 aromatic rings. The van der Waals surface area contributed by atoms with E-state index in [2.05, 4.69) is 10.3 Å². The van der Waals surface area contributed by atoms with Gasteiger partial charge in [0.1, 0.15) is 15.8 Å². The predicted molar refractivity (Wildman–Crippen MR) is 152 cm³/mol. The average Bonchev–Trinajstić information content (AvgIpc) is 3.17. The Bertz CT molecular complexity index is 1460. The van der Waals surface area contributed by atoms with E-state index in [-0.39, 0.29) is 35.8 Å². The molecule has 198 valence electrons. The molecule has 2 aromatic heterocycles. The van der Waals surface area contributed by atoms with Gasteiger partial charge in [0, 0.05) is 25.7 Å². The summed E-state index contributed by atoms with van der Waals surface area (Å²) in [7, 11) is 0. The molecule has 0 radical (unpaired) electrons. The number of hydrogen-bond acceptors (Lipinski definition) is 8. The van der Waals surface area contributed by atoms with Gasteiger partial charge in [-0.15, -0.1) is 0 Å². The molecule has 38 heavy (non-hydrogen) atoms. The number of nitrogens with one attached hydrogen (secondary N) is 1. The smallest absolute Gasteiger partial charge is 0.303 e. The quantitative estimate of drug-likeness (QED) is 0.184. The first kappa shape index (κ1) is 27.5. The van der Waals surface area contributed by atoms with Crippen LogP contribution < -0.4 is 10.9 Å². The summed E-state index contributed by atoms with van der Waals surface area (Å²) in [5, 5.41) is 22.5. The second-order valence-corrected chi connectivity index (χ2v) is 10.6. The number of carbonyl (C=O) groups is 2. The molecule has 1 amide bonds. The van der Waals surface area contributed by atoms with Crippen LogP contribution in [0.4, 0.5) is 5.82 Å². The average molecular weight is 553 g/mol. The van der Waals surface area contributed by atoms with Gasteiger partial charge in [0.25, 0.3) is 11.5 Å². The van der Waals surface area contributed by atoms with Gasteiger partial charge < -0.3 is 15.5 Å². The van der Waals surface area contributed by atoms with E-state index in [1.807, 2.05) is 43.3 Å². The number of anilines is 1. The summed E-state index contributed by atoms with van der Waals surface area (Å²) in [6.07, 6.45) is 4.20. The number of aliphatic carboxylic acids is 1. The summed E-state index contributed by atoms with van der Waals surface area (Å²) < 4.78 is 1.82. The minimum Gasteiger partial charge on any atom is -0.481 e. The maximum absolute atomic E-state index is 13.5. The van der Waals surface area contributed by atoms with E-state index in [0.717, 1.165) is 22.9 Å². The van der Waals surface area contributed by atoms with Crippen LogP contribution in [0.5, 0.6) is 0 Å². The summed E-state index contributed by atoms with van der Waals surface area (Å²) >= 11 is 6.53. The van der Waals surface area contributed by atoms with E-state index in [9.17, 15) is 19.5 Å². The number of aryl methyl sites for hydroxylation is 1. The number of unbranched alkanes of at least 4 members (excludes halogenated alkanes) is 2. The SMILES string of the molecule is Cc1cccn2c(=O)c(/C=C3\SC(=S)N(CCCCCC(=O)O)C3=O)c(NC[C@H](O)c3ccccc3)nc12. The van der Waals surface area contributed by atoms with Crippen molar-refractivity contribution >= 4 is 57.7 Å². The lowest BCUT2D eigenvalue weighted by atomic mass is 10.1. The molecule has 9 nitrogen and oxygen atoms in total. The van der Waals surface area contributed by atoms with Gasteiger partial charge in [-0.25, -0.2) is 4.98 Å². The van der Waals surface area contributed by atoms with Crippen LogP contribution in [0.2, 0.25) is 0 Å². The summed E-state index contributed by atoms with van der Waals surface area (Å²) in [6, 6.07) is 12.8. The van der Waals surface area contributed by atoms with Gasteiger partial charge >= 0.3 is 5.97 Å². The second-order valence-electron chi connectivity index (χ2n) is 8.91. The number of carboxylic acids is 1. The standard InChI is InChI=1S/C27H28N4O5S2/c1-17-9-8-14-30-24(17)29-23(28-16-20(32)18-10-4-2-5-11-18)19(25(30)35)15-21-26(36)31(27(37)38-21)13-7-3-6-12-22(33)34/h2,4-5,8-11,14-15,20,28,32H,3,6-7,12-13,16H2,1H3,(H,33,34)/b21-15-/t20-/m0/s1. The van der Waals surface area contributed by atoms with E-state index in [1.54, 1.807) is 12.3 Å². The highest BCUT2D eigenvalue weighted by molar-refractivity contribution is 8.26. The van der Waals surface area contributed by atoms with Gasteiger partial charge in [-0.05, 0) is 43.0 Å². The number of thiocarbonyl (C=S) groups is 1. The first-order valence-electron chi connectivity index (χ1n) is 12.2. The third-order valence-corrected chi connectivity index (χ3v) is 7.53. The molecular formula is C27H28N4O5S2. The van der Waals surface area contributed by atoms with Crippen molar-refractivity contribution < 1.29 is 19.8 Å². The Labute approximate surface area is 229 Å². The van der Waals surface area contributed by atoms with Gasteiger partial charge in [-0.1, -0.05) is 66.8 Å². The van der Waals surface area contributed by atoms with Crippen LogP contribution in [0.1, 0.15) is 48.5 Å². The molecule has 3 heterocycles. The number of aliphatic hydroxyl groups excluding tert-OH is 1. The number of carbonyl (C=O) groups excluding carboxylic acids is 1. The Morgan fingerprint density at radius 3 is 2.66 bits per heavy atom. The topological polar surface area (TPSA) is 124 Å². The number of nitrogens with zero attached hydrogens (tertiary/aromatic N) is 3. The first-order valence-corrected chi connectivity index (χ1v) is 13.4. The Morgan fingerprint density at radius 1 is 1.16 bits per heavy atom. The van der Waals surface area contributed by atoms with Crippen LogP contribution >= 0.6 is 24.0 Å². The molecule has 0 unspecified atom stereocenters. The number of benzene rings is 1. The minimum absolute atomic E-state index is 0.0887. The van der Waals surface area contributed by atoms with Crippen molar-refractivity contribution in [3.05, 3.63) is 80.6 Å². The van der Waals surface area contributed by atoms with Gasteiger partial charge in [-0.2, -0.15) is 0 Å². The van der Waals surface area contributed by atoms with Gasteiger partial charge in [-0.3, -0.25) is 23.7 Å². The summed E-state index contributed by atoms with van der Waals surface area (Å²) in [5.41, 5.74) is 1.83. The lowest BCUT2D eigenvalue weighted by Gasteiger charge is -2.16. The molecule has 0 aliphatic carbocycles. The van der Waals surface area contributed by atoms with E-state index < -0.39 is 12.1 Å². The number of fused-ring (bicyclic) bond motifs is 1. The van der Waals surface area contributed by atoms with Gasteiger partial charge in [0.15, 0.2) is 0 Å². The fourth-order valence-electron chi connectivity index (χ4n) is 4.11. The van der Waals surface area contributed by atoms with Crippen LogP contribution in [0.25, 0.3) is 11.7 Å². The fraction of sp³-hybridized carbons (Fsp3) is 0.296. The molecule has 1 fully saturated rings. The summed E-state index contributed by atoms with van der Waals surface area (Å²) in [5.74, 6) is -0.884. The second kappa shape index (κ2) is 12.3. The zero-order valence-electron chi connectivity index (χ0n) is 20.8. The number of aromatic nitrogens is 2. The molecule has 0 bridgehead atoms. The highest BCUT2D eigenvalue weighted by Crippen LogP contribution is 2.33. The van der Waals surface area contributed by atoms with Gasteiger partial charge in [0.05, 0.1) is 16.6 Å². The molecule has 0 saturated carbocycles. The predicted octanol–water partition coefficient (Wildman–Crippen LogP) is 3.99. The van der Waals surface area contributed by atoms with Crippen molar-refractivity contribution in [3.8, 4) is 0 Å². The Balaban J connectivity index is 1.61. The highest BCUT2D eigenvalue weighted by atomic mass is 32.2. The van der Waals surface area contributed by atoms with Crippen molar-refractivity contribution in [2.45, 2.75) is 38.7 Å². The van der Waals surface area contributed by atoms with E-state index in [4.69, 9.17) is 17.3 Å². The Kier molecular flexibility index (Phi) is 8.93. The zero-order valence-corrected chi connectivity index (χ0v) is 22.4. The maximum Gasteiger partial charge on any atom is 0.303 e. The normalized spacial score (nSPS) is 15.4. The third-order valence-electron chi connectivity index (χ3n) is 6.15. The third kappa shape index (κ3) is 6.29. The lowest BCUT2D eigenvalue weighted by Crippen LogP contribution is -2.29. The van der Waals surface area contributed by atoms with E-state index in [0.29, 0.717) is 40.7 Å². The summed E-state index contributed by atoms with van der Waals surface area (Å²) in [6.45, 7) is 2.34. The van der Waals surface area contributed by atoms with Crippen LogP contribution in [0, 0.1) is 6.92 Å². The van der Waals surface area contributed by atoms with Crippen molar-refractivity contribution in [3.63, 3.8) is 0 Å². The van der Waals surface area contributed by atoms with E-state index >= 15 is 0 Å². The molecule has 1 aliphatic rings. The number of amides is 1. The van der Waals surface area contributed by atoms with Gasteiger partial charge in [0.2, 0.25) is 0 Å². The number of carboxylic acid groups (broad SMARTS) is 1. The molecule has 1 saturated heterocycles. The van der Waals surface area contributed by atoms with Crippen molar-refractivity contribution in [2.24, 2.45) is 0 Å². The number of pyridine rings is 1. The molecule has 11 heteroatoms. The van der Waals surface area contributed by atoms with Crippen LogP contribution in [-0.4, -0.2) is 53.8 Å². The molecule has 1 atom stereocenters. The monoisotopic (exact) mass is 552 g/mol. The highest BCUT2D eigenvalue weighted by Gasteiger charge is 2.32. The molecule has 1 aromatic carbocycles. The zero-order chi connectivity index (χ0) is 27.2. The van der Waals surface area contributed by atoms with Crippen molar-refractivity contribution in [1.82, 2.24) is 14.3 Å². The first-order chi connectivity index (χ1) is 18.3.